The van der Waals surface area contributed by atoms with Crippen LogP contribution in [0.1, 0.15) is 45.6 Å². The standard InChI is InChI=1S/C22H36FN3O2/c1-4-24-21(25-12-7-13-28-16-18-10-14-27-15-11-18)26-17-22(2,3)19-8-5-6-9-20(19)23/h5-6,8-9,18H,4,7,10-17H2,1-3H3,(H2,24,25,26). The Labute approximate surface area is 169 Å². The molecule has 1 aliphatic heterocycles. The minimum absolute atomic E-state index is 0.178. The Morgan fingerprint density at radius 3 is 2.71 bits per heavy atom. The van der Waals surface area contributed by atoms with Crippen LogP contribution < -0.4 is 10.6 Å². The molecule has 1 aromatic carbocycles. The van der Waals surface area contributed by atoms with Gasteiger partial charge in [0.15, 0.2) is 5.96 Å². The maximum absolute atomic E-state index is 14.1. The molecule has 0 spiro atoms. The highest BCUT2D eigenvalue weighted by Gasteiger charge is 2.23. The van der Waals surface area contributed by atoms with Crippen LogP contribution in [0.25, 0.3) is 0 Å². The molecular formula is C22H36FN3O2. The predicted molar refractivity (Wildman–Crippen MR) is 112 cm³/mol. The zero-order valence-corrected chi connectivity index (χ0v) is 17.6. The number of aliphatic imine (C=N–C) groups is 1. The average molecular weight is 394 g/mol. The third kappa shape index (κ3) is 7.76. The van der Waals surface area contributed by atoms with Crippen LogP contribution in [0, 0.1) is 11.7 Å². The van der Waals surface area contributed by atoms with Crippen molar-refractivity contribution < 1.29 is 13.9 Å². The van der Waals surface area contributed by atoms with E-state index in [-0.39, 0.29) is 11.2 Å². The summed E-state index contributed by atoms with van der Waals surface area (Å²) in [6, 6.07) is 6.92. The SMILES string of the molecule is CCNC(=NCC(C)(C)c1ccccc1F)NCCCOCC1CCOCC1. The molecule has 0 atom stereocenters. The molecule has 0 aromatic heterocycles. The van der Waals surface area contributed by atoms with Crippen LogP contribution >= 0.6 is 0 Å². The number of nitrogens with one attached hydrogen (secondary N) is 2. The molecule has 1 fully saturated rings. The summed E-state index contributed by atoms with van der Waals surface area (Å²) in [5.74, 6) is 1.22. The van der Waals surface area contributed by atoms with Gasteiger partial charge in [0.1, 0.15) is 5.82 Å². The first-order valence-electron chi connectivity index (χ1n) is 10.5. The fourth-order valence-electron chi connectivity index (χ4n) is 3.26. The van der Waals surface area contributed by atoms with E-state index in [1.165, 1.54) is 6.07 Å². The Kier molecular flexibility index (Phi) is 9.71. The summed E-state index contributed by atoms with van der Waals surface area (Å²) >= 11 is 0. The van der Waals surface area contributed by atoms with Gasteiger partial charge in [-0.1, -0.05) is 32.0 Å². The number of hydrogen-bond acceptors (Lipinski definition) is 3. The third-order valence-corrected chi connectivity index (χ3v) is 5.03. The molecule has 28 heavy (non-hydrogen) atoms. The number of nitrogens with zero attached hydrogens (tertiary/aromatic N) is 1. The topological polar surface area (TPSA) is 54.9 Å². The maximum atomic E-state index is 14.1. The highest BCUT2D eigenvalue weighted by Crippen LogP contribution is 2.25. The monoisotopic (exact) mass is 393 g/mol. The van der Waals surface area contributed by atoms with E-state index in [9.17, 15) is 4.39 Å². The molecular weight excluding hydrogens is 357 g/mol. The number of guanidine groups is 1. The third-order valence-electron chi connectivity index (χ3n) is 5.03. The molecule has 0 aliphatic carbocycles. The molecule has 0 unspecified atom stereocenters. The number of benzene rings is 1. The van der Waals surface area contributed by atoms with Crippen LogP contribution in [0.4, 0.5) is 4.39 Å². The minimum Gasteiger partial charge on any atom is -0.381 e. The van der Waals surface area contributed by atoms with Crippen LogP contribution in [0.3, 0.4) is 0 Å². The van der Waals surface area contributed by atoms with Gasteiger partial charge in [0.25, 0.3) is 0 Å². The first kappa shape index (κ1) is 22.6. The molecule has 5 nitrogen and oxygen atoms in total. The van der Waals surface area contributed by atoms with E-state index in [1.54, 1.807) is 6.07 Å². The van der Waals surface area contributed by atoms with Gasteiger partial charge in [0.05, 0.1) is 6.54 Å². The highest BCUT2D eigenvalue weighted by atomic mass is 19.1. The van der Waals surface area contributed by atoms with E-state index in [4.69, 9.17) is 9.47 Å². The molecule has 0 bridgehead atoms. The smallest absolute Gasteiger partial charge is 0.191 e. The average Bonchev–Trinajstić information content (AvgIpc) is 2.69. The molecule has 2 N–H and O–H groups in total. The molecule has 0 radical (unpaired) electrons. The number of hydrogen-bond donors (Lipinski definition) is 2. The molecule has 6 heteroatoms. The molecule has 1 saturated heterocycles. The first-order valence-corrected chi connectivity index (χ1v) is 10.5. The zero-order chi connectivity index (χ0) is 20.2. The lowest BCUT2D eigenvalue weighted by Crippen LogP contribution is -2.39. The van der Waals surface area contributed by atoms with Gasteiger partial charge in [-0.15, -0.1) is 0 Å². The van der Waals surface area contributed by atoms with Gasteiger partial charge >= 0.3 is 0 Å². The Morgan fingerprint density at radius 2 is 2.00 bits per heavy atom. The summed E-state index contributed by atoms with van der Waals surface area (Å²) in [6.07, 6.45) is 3.13. The number of rotatable bonds is 10. The second kappa shape index (κ2) is 12.0. The van der Waals surface area contributed by atoms with E-state index < -0.39 is 0 Å². The van der Waals surface area contributed by atoms with Crippen LogP contribution in [-0.2, 0) is 14.9 Å². The highest BCUT2D eigenvalue weighted by molar-refractivity contribution is 5.79. The quantitative estimate of drug-likeness (QED) is 0.363. The second-order valence-corrected chi connectivity index (χ2v) is 7.97. The van der Waals surface area contributed by atoms with Crippen LogP contribution in [-0.4, -0.2) is 52.0 Å². The lowest BCUT2D eigenvalue weighted by Gasteiger charge is -2.24. The van der Waals surface area contributed by atoms with E-state index in [0.717, 1.165) is 64.7 Å². The first-order chi connectivity index (χ1) is 13.5. The summed E-state index contributed by atoms with van der Waals surface area (Å²) < 4.78 is 25.3. The van der Waals surface area contributed by atoms with Crippen molar-refractivity contribution in [1.29, 1.82) is 0 Å². The van der Waals surface area contributed by atoms with E-state index >= 15 is 0 Å². The van der Waals surface area contributed by atoms with Crippen molar-refractivity contribution in [2.75, 3.05) is 46.1 Å². The van der Waals surface area contributed by atoms with Gasteiger partial charge in [-0.25, -0.2) is 4.39 Å². The van der Waals surface area contributed by atoms with Gasteiger partial charge < -0.3 is 20.1 Å². The lowest BCUT2D eigenvalue weighted by atomic mass is 9.84. The van der Waals surface area contributed by atoms with Crippen molar-refractivity contribution in [3.8, 4) is 0 Å². The molecule has 158 valence electrons. The number of halogens is 1. The van der Waals surface area contributed by atoms with E-state index in [0.29, 0.717) is 18.0 Å². The Hall–Kier alpha value is -1.66. The van der Waals surface area contributed by atoms with Crippen molar-refractivity contribution in [3.63, 3.8) is 0 Å². The van der Waals surface area contributed by atoms with Crippen molar-refractivity contribution in [2.45, 2.75) is 45.4 Å². The largest absolute Gasteiger partial charge is 0.381 e. The van der Waals surface area contributed by atoms with Gasteiger partial charge in [-0.3, -0.25) is 4.99 Å². The van der Waals surface area contributed by atoms with Crippen LogP contribution in [0.2, 0.25) is 0 Å². The van der Waals surface area contributed by atoms with Crippen molar-refractivity contribution in [3.05, 3.63) is 35.6 Å². The molecule has 0 amide bonds. The lowest BCUT2D eigenvalue weighted by molar-refractivity contribution is 0.0203. The summed E-state index contributed by atoms with van der Waals surface area (Å²) in [5, 5.41) is 6.60. The fourth-order valence-corrected chi connectivity index (χ4v) is 3.26. The molecule has 1 aromatic rings. The molecule has 2 rings (SSSR count). The molecule has 1 aliphatic rings. The van der Waals surface area contributed by atoms with Crippen molar-refractivity contribution in [2.24, 2.45) is 10.9 Å². The molecule has 1 heterocycles. The number of ether oxygens (including phenoxy) is 2. The van der Waals surface area contributed by atoms with Gasteiger partial charge in [0, 0.05) is 44.9 Å². The minimum atomic E-state index is -0.374. The van der Waals surface area contributed by atoms with Crippen LogP contribution in [0.15, 0.2) is 29.3 Å². The fraction of sp³-hybridized carbons (Fsp3) is 0.682. The molecule has 0 saturated carbocycles. The Morgan fingerprint density at radius 1 is 1.25 bits per heavy atom. The summed E-state index contributed by atoms with van der Waals surface area (Å²) in [5.41, 5.74) is 0.316. The second-order valence-electron chi connectivity index (χ2n) is 7.97. The van der Waals surface area contributed by atoms with Crippen molar-refractivity contribution in [1.82, 2.24) is 10.6 Å². The zero-order valence-electron chi connectivity index (χ0n) is 17.6. The predicted octanol–water partition coefficient (Wildman–Crippen LogP) is 3.49. The van der Waals surface area contributed by atoms with Crippen molar-refractivity contribution >= 4 is 5.96 Å². The van der Waals surface area contributed by atoms with E-state index in [2.05, 4.69) is 15.6 Å². The summed E-state index contributed by atoms with van der Waals surface area (Å²) in [6.45, 7) is 11.4. The van der Waals surface area contributed by atoms with E-state index in [1.807, 2.05) is 32.9 Å². The van der Waals surface area contributed by atoms with Gasteiger partial charge in [-0.2, -0.15) is 0 Å². The maximum Gasteiger partial charge on any atom is 0.191 e. The van der Waals surface area contributed by atoms with Crippen LogP contribution in [0.5, 0.6) is 0 Å². The Balaban J connectivity index is 1.73. The van der Waals surface area contributed by atoms with Gasteiger partial charge in [-0.05, 0) is 43.7 Å². The Bertz CT molecular complexity index is 601. The van der Waals surface area contributed by atoms with Gasteiger partial charge in [0.2, 0.25) is 0 Å². The summed E-state index contributed by atoms with van der Waals surface area (Å²) in [4.78, 5) is 4.67. The summed E-state index contributed by atoms with van der Waals surface area (Å²) in [7, 11) is 0. The normalized spacial score (nSPS) is 16.2.